The molecule has 0 aliphatic rings. The molecular formula is C25H22FN5O3. The quantitative estimate of drug-likeness (QED) is 0.392. The number of rotatable bonds is 6. The minimum Gasteiger partial charge on any atom is -0.480 e. The molecule has 0 atom stereocenters. The summed E-state index contributed by atoms with van der Waals surface area (Å²) in [5.74, 6) is 0.630. The monoisotopic (exact) mass is 459 g/mol. The van der Waals surface area contributed by atoms with Crippen molar-refractivity contribution in [2.75, 3.05) is 7.11 Å². The average Bonchev–Trinajstić information content (AvgIpc) is 3.42. The highest BCUT2D eigenvalue weighted by atomic mass is 19.1. The molecule has 8 nitrogen and oxygen atoms in total. The lowest BCUT2D eigenvalue weighted by molar-refractivity contribution is 0.0578. The first-order chi connectivity index (χ1) is 16.3. The van der Waals surface area contributed by atoms with E-state index in [-0.39, 0.29) is 12.4 Å². The van der Waals surface area contributed by atoms with Gasteiger partial charge in [-0.3, -0.25) is 4.68 Å². The van der Waals surface area contributed by atoms with Crippen molar-refractivity contribution in [3.05, 3.63) is 67.0 Å². The second-order valence-electron chi connectivity index (χ2n) is 8.52. The molecule has 0 amide bonds. The van der Waals surface area contributed by atoms with Crippen LogP contribution in [-0.2, 0) is 6.54 Å². The number of nitrogens with zero attached hydrogens (tertiary/aromatic N) is 5. The van der Waals surface area contributed by atoms with Gasteiger partial charge in [0.05, 0.1) is 35.9 Å². The molecule has 0 radical (unpaired) electrons. The highest BCUT2D eigenvalue weighted by molar-refractivity contribution is 5.96. The average molecular weight is 459 g/mol. The van der Waals surface area contributed by atoms with Crippen molar-refractivity contribution in [2.45, 2.75) is 26.0 Å². The second-order valence-corrected chi connectivity index (χ2v) is 8.52. The molecule has 34 heavy (non-hydrogen) atoms. The summed E-state index contributed by atoms with van der Waals surface area (Å²) in [4.78, 5) is 13.1. The third-order valence-corrected chi connectivity index (χ3v) is 5.24. The van der Waals surface area contributed by atoms with Gasteiger partial charge < -0.3 is 14.3 Å². The maximum Gasteiger partial charge on any atom is 0.230 e. The number of pyridine rings is 1. The van der Waals surface area contributed by atoms with Gasteiger partial charge in [-0.25, -0.2) is 19.3 Å². The van der Waals surface area contributed by atoms with Gasteiger partial charge in [-0.2, -0.15) is 5.10 Å². The highest BCUT2D eigenvalue weighted by Crippen LogP contribution is 2.38. The Bertz CT molecular complexity index is 1470. The van der Waals surface area contributed by atoms with Crippen LogP contribution >= 0.6 is 0 Å². The van der Waals surface area contributed by atoms with E-state index in [9.17, 15) is 9.50 Å². The fraction of sp³-hybridized carbons (Fsp3) is 0.200. The zero-order valence-corrected chi connectivity index (χ0v) is 18.9. The van der Waals surface area contributed by atoms with Crippen molar-refractivity contribution >= 4 is 11.1 Å². The number of fused-ring (bicyclic) bond motifs is 1. The van der Waals surface area contributed by atoms with Gasteiger partial charge in [0, 0.05) is 23.5 Å². The van der Waals surface area contributed by atoms with Crippen LogP contribution in [0.2, 0.25) is 0 Å². The van der Waals surface area contributed by atoms with E-state index in [2.05, 4.69) is 20.1 Å². The number of methoxy groups -OCH3 is 1. The van der Waals surface area contributed by atoms with Gasteiger partial charge in [0.25, 0.3) is 0 Å². The van der Waals surface area contributed by atoms with Crippen molar-refractivity contribution in [2.24, 2.45) is 0 Å². The molecule has 0 fully saturated rings. The summed E-state index contributed by atoms with van der Waals surface area (Å²) in [6.07, 6.45) is 4.88. The topological polar surface area (TPSA) is 99.1 Å². The highest BCUT2D eigenvalue weighted by Gasteiger charge is 2.23. The predicted octanol–water partition coefficient (Wildman–Crippen LogP) is 4.73. The fourth-order valence-electron chi connectivity index (χ4n) is 3.84. The van der Waals surface area contributed by atoms with Gasteiger partial charge in [-0.1, -0.05) is 0 Å². The van der Waals surface area contributed by atoms with Crippen LogP contribution in [0, 0.1) is 5.82 Å². The summed E-state index contributed by atoms with van der Waals surface area (Å²) in [6, 6.07) is 11.6. The van der Waals surface area contributed by atoms with E-state index in [0.29, 0.717) is 45.3 Å². The van der Waals surface area contributed by atoms with Gasteiger partial charge in [0.15, 0.2) is 0 Å². The summed E-state index contributed by atoms with van der Waals surface area (Å²) in [5, 5.41) is 15.7. The first-order valence-corrected chi connectivity index (χ1v) is 10.6. The molecule has 9 heteroatoms. The van der Waals surface area contributed by atoms with Crippen LogP contribution in [0.4, 0.5) is 4.39 Å². The molecule has 5 rings (SSSR count). The Balaban J connectivity index is 1.70. The number of hydrogen-bond donors (Lipinski definition) is 1. The van der Waals surface area contributed by atoms with Gasteiger partial charge in [0.1, 0.15) is 23.6 Å². The van der Waals surface area contributed by atoms with E-state index in [0.717, 1.165) is 5.56 Å². The molecule has 5 aromatic rings. The number of halogens is 1. The third kappa shape index (κ3) is 4.13. The smallest absolute Gasteiger partial charge is 0.230 e. The number of furan rings is 1. The standard InChI is InChI=1S/C25H22FN5O3/c1-25(2,32)13-31-12-19(21(30-31)15-6-8-16(26)9-7-15)22-18-11-20(34-24(18)29-14-28-22)17-5-4-10-27-23(17)33-3/h4-12,14,32H,13H2,1-3H3. The maximum absolute atomic E-state index is 13.6. The first kappa shape index (κ1) is 21.7. The first-order valence-electron chi connectivity index (χ1n) is 10.6. The number of hydrogen-bond acceptors (Lipinski definition) is 7. The van der Waals surface area contributed by atoms with Crippen molar-refractivity contribution in [1.29, 1.82) is 0 Å². The van der Waals surface area contributed by atoms with E-state index in [1.807, 2.05) is 18.3 Å². The Hall–Kier alpha value is -4.11. The Morgan fingerprint density at radius 3 is 2.59 bits per heavy atom. The van der Waals surface area contributed by atoms with Gasteiger partial charge in [-0.15, -0.1) is 0 Å². The van der Waals surface area contributed by atoms with Crippen LogP contribution in [0.25, 0.3) is 44.9 Å². The summed E-state index contributed by atoms with van der Waals surface area (Å²) in [7, 11) is 1.55. The number of aliphatic hydroxyl groups is 1. The SMILES string of the molecule is COc1ncccc1-c1cc2c(-c3cn(CC(C)(C)O)nc3-c3ccc(F)cc3)ncnc2o1. The fourth-order valence-corrected chi connectivity index (χ4v) is 3.84. The van der Waals surface area contributed by atoms with Crippen LogP contribution in [0.3, 0.4) is 0 Å². The second kappa shape index (κ2) is 8.35. The molecule has 0 spiro atoms. The van der Waals surface area contributed by atoms with Crippen LogP contribution < -0.4 is 4.74 Å². The van der Waals surface area contributed by atoms with E-state index in [4.69, 9.17) is 9.15 Å². The minimum absolute atomic E-state index is 0.263. The zero-order chi connectivity index (χ0) is 23.9. The third-order valence-electron chi connectivity index (χ3n) is 5.24. The molecule has 0 unspecified atom stereocenters. The van der Waals surface area contributed by atoms with Crippen molar-refractivity contribution in [3.63, 3.8) is 0 Å². The number of aromatic nitrogens is 5. The van der Waals surface area contributed by atoms with Gasteiger partial charge >= 0.3 is 0 Å². The molecule has 0 saturated heterocycles. The van der Waals surface area contributed by atoms with Crippen LogP contribution in [-0.4, -0.2) is 42.5 Å². The number of benzene rings is 1. The largest absolute Gasteiger partial charge is 0.480 e. The number of ether oxygens (including phenoxy) is 1. The zero-order valence-electron chi connectivity index (χ0n) is 18.9. The van der Waals surface area contributed by atoms with Crippen LogP contribution in [0.1, 0.15) is 13.8 Å². The van der Waals surface area contributed by atoms with Crippen molar-refractivity contribution in [1.82, 2.24) is 24.7 Å². The molecule has 1 N–H and O–H groups in total. The molecule has 1 aromatic carbocycles. The Kier molecular flexibility index (Phi) is 5.33. The molecule has 0 aliphatic heterocycles. The lowest BCUT2D eigenvalue weighted by Crippen LogP contribution is -2.26. The predicted molar refractivity (Wildman–Crippen MR) is 124 cm³/mol. The van der Waals surface area contributed by atoms with E-state index in [1.54, 1.807) is 50.0 Å². The summed E-state index contributed by atoms with van der Waals surface area (Å²) in [6.45, 7) is 3.68. The molecule has 4 aromatic heterocycles. The Morgan fingerprint density at radius 1 is 1.06 bits per heavy atom. The summed E-state index contributed by atoms with van der Waals surface area (Å²) >= 11 is 0. The normalized spacial score (nSPS) is 11.8. The Labute approximate surface area is 194 Å². The van der Waals surface area contributed by atoms with E-state index in [1.165, 1.54) is 18.5 Å². The van der Waals surface area contributed by atoms with Crippen LogP contribution in [0.15, 0.2) is 65.6 Å². The molecule has 172 valence electrons. The molecule has 4 heterocycles. The van der Waals surface area contributed by atoms with Crippen molar-refractivity contribution < 1.29 is 18.7 Å². The van der Waals surface area contributed by atoms with Crippen LogP contribution in [0.5, 0.6) is 5.88 Å². The lowest BCUT2D eigenvalue weighted by atomic mass is 10.0. The van der Waals surface area contributed by atoms with E-state index >= 15 is 0 Å². The molecule has 0 bridgehead atoms. The van der Waals surface area contributed by atoms with Gasteiger partial charge in [0.2, 0.25) is 11.6 Å². The van der Waals surface area contributed by atoms with E-state index < -0.39 is 5.60 Å². The Morgan fingerprint density at radius 2 is 1.85 bits per heavy atom. The summed E-state index contributed by atoms with van der Waals surface area (Å²) in [5.41, 5.74) is 2.72. The minimum atomic E-state index is -0.982. The lowest BCUT2D eigenvalue weighted by Gasteiger charge is -2.16. The van der Waals surface area contributed by atoms with Crippen molar-refractivity contribution in [3.8, 4) is 39.7 Å². The molecule has 0 aliphatic carbocycles. The molecule has 0 saturated carbocycles. The molecular weight excluding hydrogens is 437 g/mol. The van der Waals surface area contributed by atoms with Gasteiger partial charge in [-0.05, 0) is 56.3 Å². The maximum atomic E-state index is 13.6. The summed E-state index contributed by atoms with van der Waals surface area (Å²) < 4.78 is 26.6.